The molecule has 5 atom stereocenters. The molecule has 12 heterocycles. The second-order valence-corrected chi connectivity index (χ2v) is 32.2. The van der Waals surface area contributed by atoms with Crippen molar-refractivity contribution in [3.63, 3.8) is 0 Å². The Morgan fingerprint density at radius 3 is 1.06 bits per heavy atom. The molecule has 18 rings (SSSR count). The van der Waals surface area contributed by atoms with Crippen LogP contribution in [0.3, 0.4) is 0 Å². The van der Waals surface area contributed by atoms with Crippen molar-refractivity contribution in [2.45, 2.75) is 229 Å². The van der Waals surface area contributed by atoms with E-state index in [-0.39, 0.29) is 47.5 Å². The summed E-state index contributed by atoms with van der Waals surface area (Å²) in [6, 6.07) is 43.4. The first kappa shape index (κ1) is 51.4. The zero-order valence-corrected chi connectivity index (χ0v) is 68.8. The molecular weight excluding hydrogens is 1430 g/mol. The average molecular weight is 1580 g/mol. The van der Waals surface area contributed by atoms with Crippen LogP contribution in [0.15, 0.2) is 188 Å². The van der Waals surface area contributed by atoms with Gasteiger partial charge in [-0.1, -0.05) is 177 Å². The summed E-state index contributed by atoms with van der Waals surface area (Å²) in [6.07, 6.45) is 2.64. The van der Waals surface area contributed by atoms with Crippen LogP contribution < -0.4 is 18.3 Å². The zero-order valence-electron chi connectivity index (χ0n) is 98.8. The highest BCUT2D eigenvalue weighted by atomic mass is 16.4. The van der Waals surface area contributed by atoms with Crippen LogP contribution >= 0.6 is 0 Å². The van der Waals surface area contributed by atoms with Crippen molar-refractivity contribution in [3.8, 4) is 45.0 Å². The molecule has 0 N–H and O–H groups in total. The quantitative estimate of drug-likeness (QED) is 0.117. The van der Waals surface area contributed by atoms with Gasteiger partial charge in [-0.3, -0.25) is 0 Å². The minimum Gasteiger partial charge on any atom is -0.437 e. The lowest BCUT2D eigenvalue weighted by Crippen LogP contribution is -2.31. The lowest BCUT2D eigenvalue weighted by molar-refractivity contribution is -0.660. The number of aryl methyl sites for hydroxylation is 8. The zero-order chi connectivity index (χ0) is 108. The third-order valence-electron chi connectivity index (χ3n) is 22.0. The molecule has 12 nitrogen and oxygen atoms in total. The van der Waals surface area contributed by atoms with Gasteiger partial charge in [0.05, 0.1) is 22.3 Å². The molecule has 2 aliphatic rings. The van der Waals surface area contributed by atoms with Gasteiger partial charge < -0.3 is 17.7 Å². The summed E-state index contributed by atoms with van der Waals surface area (Å²) in [4.78, 5) is 18.5. The van der Waals surface area contributed by atoms with Gasteiger partial charge in [0.1, 0.15) is 28.2 Å². The molecule has 0 saturated heterocycles. The summed E-state index contributed by atoms with van der Waals surface area (Å²) in [5.74, 6) is -10.8. The number of rotatable bonds is 11. The molecule has 116 heavy (non-hydrogen) atoms. The molecule has 12 aromatic heterocycles. The van der Waals surface area contributed by atoms with Crippen molar-refractivity contribution in [2.75, 3.05) is 0 Å². The summed E-state index contributed by atoms with van der Waals surface area (Å²) < 4.78 is 277. The van der Waals surface area contributed by atoms with E-state index in [0.29, 0.717) is 126 Å². The smallest absolute Gasteiger partial charge is 0.227 e. The molecule has 0 amide bonds. The number of benzene rings is 4. The van der Waals surface area contributed by atoms with Crippen molar-refractivity contribution >= 4 is 88.3 Å². The first-order chi connectivity index (χ1) is 67.0. The monoisotopic (exact) mass is 1580 g/mol. The molecule has 2 saturated carbocycles. The van der Waals surface area contributed by atoms with Crippen molar-refractivity contribution in [3.05, 3.63) is 238 Å². The highest BCUT2D eigenvalue weighted by molar-refractivity contribution is 6.12. The normalized spacial score (nSPS) is 23.1. The van der Waals surface area contributed by atoms with Gasteiger partial charge in [-0.15, -0.1) is 0 Å². The molecule has 0 aliphatic heterocycles. The molecule has 5 unspecified atom stereocenters. The van der Waals surface area contributed by atoms with Crippen LogP contribution in [0.2, 0.25) is 0 Å². The third-order valence-corrected chi connectivity index (χ3v) is 22.0. The van der Waals surface area contributed by atoms with E-state index >= 15 is 0 Å². The first-order valence-corrected chi connectivity index (χ1v) is 39.3. The molecule has 596 valence electrons. The van der Waals surface area contributed by atoms with E-state index in [2.05, 4.69) is 41.8 Å². The molecule has 16 aromatic rings. The van der Waals surface area contributed by atoms with E-state index < -0.39 is 101 Å². The van der Waals surface area contributed by atoms with E-state index in [1.165, 1.54) is 40.7 Å². The van der Waals surface area contributed by atoms with Crippen LogP contribution in [0.5, 0.6) is 0 Å². The number of hydrogen-bond acceptors (Lipinski definition) is 8. The molecule has 0 radical (unpaired) electrons. The van der Waals surface area contributed by atoms with Crippen molar-refractivity contribution in [1.82, 2.24) is 19.9 Å². The third kappa shape index (κ3) is 16.1. The minimum atomic E-state index is -2.74. The minimum absolute atomic E-state index is 0.0165. The summed E-state index contributed by atoms with van der Waals surface area (Å²) in [5.41, 5.74) is 14.1. The molecule has 0 bridgehead atoms. The number of aromatic nitrogens is 8. The van der Waals surface area contributed by atoms with Gasteiger partial charge in [0, 0.05) is 173 Å². The van der Waals surface area contributed by atoms with Gasteiger partial charge in [0.15, 0.2) is 47.1 Å². The predicted molar refractivity (Wildman–Crippen MR) is 477 cm³/mol. The van der Waals surface area contributed by atoms with Crippen LogP contribution in [0.1, 0.15) is 298 Å². The fourth-order valence-corrected chi connectivity index (χ4v) is 15.5. The molecular formula is C104H120N8O4+4. The van der Waals surface area contributed by atoms with Crippen LogP contribution in [0.4, 0.5) is 0 Å². The molecule has 2 aliphatic carbocycles. The Kier molecular flexibility index (Phi) is 14.4. The van der Waals surface area contributed by atoms with Crippen LogP contribution in [0.25, 0.3) is 133 Å². The van der Waals surface area contributed by atoms with E-state index in [0.717, 1.165) is 77.1 Å². The number of nitrogens with zero attached hydrogens (tertiary/aromatic N) is 8. The first-order valence-electron chi connectivity index (χ1n) is 54.3. The van der Waals surface area contributed by atoms with Crippen molar-refractivity contribution in [1.29, 1.82) is 0 Å². The highest BCUT2D eigenvalue weighted by Crippen LogP contribution is 2.45. The molecule has 12 heteroatoms. The van der Waals surface area contributed by atoms with Gasteiger partial charge in [0.2, 0.25) is 45.6 Å². The van der Waals surface area contributed by atoms with E-state index in [1.807, 2.05) is 135 Å². The van der Waals surface area contributed by atoms with Crippen LogP contribution in [0, 0.1) is 33.1 Å². The topological polar surface area (TPSA) is 120 Å². The second kappa shape index (κ2) is 32.4. The summed E-state index contributed by atoms with van der Waals surface area (Å²) >= 11 is 0. The van der Waals surface area contributed by atoms with Gasteiger partial charge >= 0.3 is 0 Å². The Morgan fingerprint density at radius 2 is 0.716 bits per heavy atom. The predicted octanol–water partition coefficient (Wildman–Crippen LogP) is 26.2. The molecule has 4 aromatic carbocycles. The molecule has 2 fully saturated rings. The lowest BCUT2D eigenvalue weighted by Gasteiger charge is -2.20. The summed E-state index contributed by atoms with van der Waals surface area (Å²) in [7, 11) is 7.41. The van der Waals surface area contributed by atoms with Crippen molar-refractivity contribution in [2.24, 2.45) is 33.6 Å². The van der Waals surface area contributed by atoms with Crippen LogP contribution in [-0.2, 0) is 40.0 Å². The number of pyridine rings is 8. The maximum atomic E-state index is 9.03. The molecule has 0 spiro atoms. The van der Waals surface area contributed by atoms with E-state index in [9.17, 15) is 0 Å². The van der Waals surface area contributed by atoms with Crippen molar-refractivity contribution < 1.29 is 77.1 Å². The van der Waals surface area contributed by atoms with Gasteiger partial charge in [-0.2, -0.15) is 0 Å². The Morgan fingerprint density at radius 1 is 0.397 bits per heavy atom. The van der Waals surface area contributed by atoms with Gasteiger partial charge in [0.25, 0.3) is 0 Å². The summed E-state index contributed by atoms with van der Waals surface area (Å²) in [6.45, 7) is 5.41. The van der Waals surface area contributed by atoms with E-state index in [1.54, 1.807) is 97.6 Å². The standard InChI is InChI=1S/C27H31N2O.C26H29N2O.C26H31N2O.C25H29N2O/c1-17(2)20-14-15-29(4)24(16-20)25-18(3)10-11-21-22-12-13-23(19-8-6-5-7-9-19)28-27(22)30-26(21)25;1-16(2)19-13-14-28(4)23(15-19)24-17(3)9-10-20-21-11-12-22(18-7-5-6-8-18)27-26(21)29-25(20)24;1-16(2)18-12-13-28(7)22(14-18)23-17(3)8-10-20-21-11-9-19(15-26(4,5)6)27-25(21)29-24(20)23;1-15(2)17-12-13-27(7)20(14-17)22-16(3)8-9-18-19-10-11-21(25(4,5)6)26-24(19)28-23(18)22/h10-17,19H,5-9H2,1-4H3;9-16,18H,5-8H2,1-4H3;8-14,16H,15H2,1-7H3;8-15H,1-7H3/q4*+1/i1D3,8D2,9D2,17D,19D;1D3,7D2,16D,18D;1D3,4D3,5D3,16D;1D3,15D. The maximum absolute atomic E-state index is 9.03. The Labute approximate surface area is 728 Å². The lowest BCUT2D eigenvalue weighted by atomic mass is 9.86. The average Bonchev–Trinajstić information content (AvgIpc) is 1.27. The Balaban J connectivity index is 0.000000147. The maximum Gasteiger partial charge on any atom is 0.227 e. The fourth-order valence-electron chi connectivity index (χ4n) is 15.5. The summed E-state index contributed by atoms with van der Waals surface area (Å²) in [5, 5.41) is 6.29. The Bertz CT molecular complexity index is 7810. The SMILES string of the molecule is [2H]C([2H])([2H])C([2H])(C)c1cc[n+](C)c(-c2c(C)ccc3c2oc2nc(C(C)(C)C)ccc23)c1.[2H]C([2H])([2H])C([2H])(C)c1cc[n+](C)c(-c2c(C)ccc3c2oc2nc(C4([2H])C([2H])([2H])CCCC4([2H])[2H])ccc23)c1.[2H]C([2H])([2H])C([2H])(C)c1cc[n+](C)c(-c2c(C)ccc3c2oc2nc(C4([2H])CCCC4([2H])[2H])ccc23)c1.[2H]C([2H])([2H])C([2H])(C)c1cc[n+](C)c(-c2c(C)ccc3c2oc2nc(CC(C)(C([2H])([2H])[2H])C([2H])([2H])[2H])ccc23)c1. The Hall–Kier alpha value is -10.7. The van der Waals surface area contributed by atoms with E-state index in [4.69, 9.17) is 63.8 Å². The highest BCUT2D eigenvalue weighted by Gasteiger charge is 2.30. The second-order valence-electron chi connectivity index (χ2n) is 32.2. The largest absolute Gasteiger partial charge is 0.437 e. The van der Waals surface area contributed by atoms with Gasteiger partial charge in [-0.05, 0) is 182 Å². The van der Waals surface area contributed by atoms with Gasteiger partial charge in [-0.25, -0.2) is 38.2 Å². The number of fused-ring (bicyclic) bond motifs is 12. The fraction of sp³-hybridized carbons (Fsp3) is 0.385. The van der Waals surface area contributed by atoms with Crippen LogP contribution in [-0.4, -0.2) is 19.9 Å². The number of hydrogen-bond donors (Lipinski definition) is 0. The number of furan rings is 4.